The summed E-state index contributed by atoms with van der Waals surface area (Å²) in [4.78, 5) is 22.9. The predicted molar refractivity (Wildman–Crippen MR) is 107 cm³/mol. The molecule has 2 aromatic carbocycles. The number of carbonyl (C=O) groups excluding carboxylic acids is 1. The zero-order valence-corrected chi connectivity index (χ0v) is 16.0. The minimum Gasteiger partial charge on any atom is -0.462 e. The minimum atomic E-state index is -0.460. The van der Waals surface area contributed by atoms with Crippen molar-refractivity contribution >= 4 is 28.9 Å². The second kappa shape index (κ2) is 7.28. The van der Waals surface area contributed by atoms with Gasteiger partial charge in [-0.15, -0.1) is 0 Å². The number of ether oxygens (including phenoxy) is 1. The van der Waals surface area contributed by atoms with Crippen LogP contribution in [0, 0.1) is 16.0 Å². The molecule has 1 heterocycles. The van der Waals surface area contributed by atoms with E-state index in [9.17, 15) is 14.9 Å². The molecule has 6 nitrogen and oxygen atoms in total. The molecule has 1 aliphatic carbocycles. The summed E-state index contributed by atoms with van der Waals surface area (Å²) in [6.45, 7) is 2.11. The van der Waals surface area contributed by atoms with Gasteiger partial charge in [-0.05, 0) is 54.7 Å². The molecule has 0 unspecified atom stereocenters. The summed E-state index contributed by atoms with van der Waals surface area (Å²) in [5, 5.41) is 14.9. The SMILES string of the molecule is CCOC(=O)c1ccc2c(c1)[C@@H]1C=CC[C@H]1[C@@H](c1ccc(Cl)c([N+](=O)[O-])c1)N2. The third-order valence-corrected chi connectivity index (χ3v) is 5.72. The highest BCUT2D eigenvalue weighted by Gasteiger charge is 2.38. The monoisotopic (exact) mass is 398 g/mol. The van der Waals surface area contributed by atoms with Crippen molar-refractivity contribution in [2.45, 2.75) is 25.3 Å². The van der Waals surface area contributed by atoms with Gasteiger partial charge in [0.25, 0.3) is 5.69 Å². The van der Waals surface area contributed by atoms with Crippen LogP contribution in [0.4, 0.5) is 11.4 Å². The molecule has 28 heavy (non-hydrogen) atoms. The third kappa shape index (κ3) is 3.14. The van der Waals surface area contributed by atoms with Gasteiger partial charge in [0, 0.05) is 17.7 Å². The molecule has 0 radical (unpaired) electrons. The van der Waals surface area contributed by atoms with Crippen LogP contribution in [0.1, 0.15) is 46.8 Å². The standard InChI is InChI=1S/C21H19ClN2O4/c1-2-28-21(25)13-7-9-18-16(10-13)14-4-3-5-15(14)20(23-18)12-6-8-17(22)19(11-12)24(26)27/h3-4,6-11,14-15,20,23H,2,5H2,1H3/t14-,15-,20-/m1/s1. The molecule has 4 rings (SSSR count). The molecule has 1 aliphatic heterocycles. The summed E-state index contributed by atoms with van der Waals surface area (Å²) in [5.74, 6) is -0.00429. The molecule has 3 atom stereocenters. The van der Waals surface area contributed by atoms with Crippen LogP contribution in [-0.4, -0.2) is 17.5 Å². The number of nitrogens with one attached hydrogen (secondary N) is 1. The molecule has 144 valence electrons. The van der Waals surface area contributed by atoms with E-state index in [0.717, 1.165) is 23.2 Å². The van der Waals surface area contributed by atoms with Crippen LogP contribution in [0.5, 0.6) is 0 Å². The van der Waals surface area contributed by atoms with E-state index in [1.165, 1.54) is 0 Å². The first-order chi connectivity index (χ1) is 13.5. The number of halogens is 1. The van der Waals surface area contributed by atoms with Crippen molar-refractivity contribution in [2.75, 3.05) is 11.9 Å². The van der Waals surface area contributed by atoms with E-state index < -0.39 is 4.92 Å². The Morgan fingerprint density at radius 3 is 2.89 bits per heavy atom. The fraction of sp³-hybridized carbons (Fsp3) is 0.286. The van der Waals surface area contributed by atoms with Gasteiger partial charge in [0.1, 0.15) is 5.02 Å². The van der Waals surface area contributed by atoms with E-state index in [2.05, 4.69) is 17.5 Å². The molecule has 0 bridgehead atoms. The number of nitro groups is 1. The summed E-state index contributed by atoms with van der Waals surface area (Å²) in [6, 6.07) is 10.4. The fourth-order valence-corrected chi connectivity index (χ4v) is 4.32. The van der Waals surface area contributed by atoms with Gasteiger partial charge in [-0.2, -0.15) is 0 Å². The number of hydrogen-bond acceptors (Lipinski definition) is 5. The normalized spacial score (nSPS) is 22.1. The van der Waals surface area contributed by atoms with Gasteiger partial charge in [-0.3, -0.25) is 10.1 Å². The molecule has 0 saturated carbocycles. The number of rotatable bonds is 4. The number of fused-ring (bicyclic) bond motifs is 3. The molecule has 0 spiro atoms. The lowest BCUT2D eigenvalue weighted by Gasteiger charge is -2.37. The summed E-state index contributed by atoms with van der Waals surface area (Å²) in [7, 11) is 0. The molecular weight excluding hydrogens is 380 g/mol. The largest absolute Gasteiger partial charge is 0.462 e. The lowest BCUT2D eigenvalue weighted by Crippen LogP contribution is -2.29. The molecule has 0 saturated heterocycles. The Labute approximate surface area is 167 Å². The molecule has 0 fully saturated rings. The number of allylic oxidation sites excluding steroid dienone is 2. The first-order valence-electron chi connectivity index (χ1n) is 9.17. The molecular formula is C21H19ClN2O4. The van der Waals surface area contributed by atoms with Gasteiger partial charge in [-0.25, -0.2) is 4.79 Å². The zero-order valence-electron chi connectivity index (χ0n) is 15.2. The molecule has 1 N–H and O–H groups in total. The van der Waals surface area contributed by atoms with E-state index in [1.54, 1.807) is 25.1 Å². The lowest BCUT2D eigenvalue weighted by molar-refractivity contribution is -0.384. The van der Waals surface area contributed by atoms with Gasteiger partial charge in [0.2, 0.25) is 0 Å². The number of anilines is 1. The highest BCUT2D eigenvalue weighted by molar-refractivity contribution is 6.32. The van der Waals surface area contributed by atoms with Crippen molar-refractivity contribution in [3.63, 3.8) is 0 Å². The number of carbonyl (C=O) groups is 1. The number of nitro benzene ring substituents is 1. The molecule has 2 aliphatic rings. The smallest absolute Gasteiger partial charge is 0.338 e. The van der Waals surface area contributed by atoms with Crippen LogP contribution in [-0.2, 0) is 4.74 Å². The molecule has 2 aromatic rings. The van der Waals surface area contributed by atoms with Crippen molar-refractivity contribution in [1.29, 1.82) is 0 Å². The fourth-order valence-electron chi connectivity index (χ4n) is 4.13. The first kappa shape index (κ1) is 18.5. The zero-order chi connectivity index (χ0) is 19.8. The van der Waals surface area contributed by atoms with E-state index in [4.69, 9.17) is 16.3 Å². The van der Waals surface area contributed by atoms with E-state index in [-0.39, 0.29) is 34.6 Å². The third-order valence-electron chi connectivity index (χ3n) is 5.40. The summed E-state index contributed by atoms with van der Waals surface area (Å²) in [6.07, 6.45) is 5.12. The average molecular weight is 399 g/mol. The van der Waals surface area contributed by atoms with E-state index in [1.807, 2.05) is 18.2 Å². The first-order valence-corrected chi connectivity index (χ1v) is 9.55. The predicted octanol–water partition coefficient (Wildman–Crippen LogP) is 5.25. The second-order valence-corrected chi connectivity index (χ2v) is 7.37. The van der Waals surface area contributed by atoms with Gasteiger partial charge in [0.15, 0.2) is 0 Å². The minimum absolute atomic E-state index is 0.0862. The van der Waals surface area contributed by atoms with Gasteiger partial charge < -0.3 is 10.1 Å². The van der Waals surface area contributed by atoms with Gasteiger partial charge in [-0.1, -0.05) is 29.8 Å². The van der Waals surface area contributed by atoms with Crippen LogP contribution >= 0.6 is 11.6 Å². The van der Waals surface area contributed by atoms with Crippen LogP contribution in [0.25, 0.3) is 0 Å². The summed E-state index contributed by atoms with van der Waals surface area (Å²) >= 11 is 5.98. The van der Waals surface area contributed by atoms with Gasteiger partial charge >= 0.3 is 5.97 Å². The van der Waals surface area contributed by atoms with Crippen LogP contribution in [0.3, 0.4) is 0 Å². The molecule has 0 amide bonds. The van der Waals surface area contributed by atoms with Crippen molar-refractivity contribution in [1.82, 2.24) is 0 Å². The summed E-state index contributed by atoms with van der Waals surface area (Å²) < 4.78 is 5.11. The molecule has 7 heteroatoms. The lowest BCUT2D eigenvalue weighted by atomic mass is 9.76. The summed E-state index contributed by atoms with van der Waals surface area (Å²) in [5.41, 5.74) is 3.23. The van der Waals surface area contributed by atoms with Crippen molar-refractivity contribution in [3.8, 4) is 0 Å². The maximum absolute atomic E-state index is 12.1. The van der Waals surface area contributed by atoms with Crippen molar-refractivity contribution in [2.24, 2.45) is 5.92 Å². The number of nitrogens with zero attached hydrogens (tertiary/aromatic N) is 1. The highest BCUT2D eigenvalue weighted by Crippen LogP contribution is 2.50. The maximum atomic E-state index is 12.1. The number of esters is 1. The number of hydrogen-bond donors (Lipinski definition) is 1. The van der Waals surface area contributed by atoms with E-state index >= 15 is 0 Å². The second-order valence-electron chi connectivity index (χ2n) is 6.97. The number of benzene rings is 2. The topological polar surface area (TPSA) is 81.5 Å². The van der Waals surface area contributed by atoms with E-state index in [0.29, 0.717) is 12.2 Å². The van der Waals surface area contributed by atoms with Crippen molar-refractivity contribution < 1.29 is 14.5 Å². The maximum Gasteiger partial charge on any atom is 0.338 e. The highest BCUT2D eigenvalue weighted by atomic mass is 35.5. The van der Waals surface area contributed by atoms with Gasteiger partial charge in [0.05, 0.1) is 23.1 Å². The Kier molecular flexibility index (Phi) is 4.81. The average Bonchev–Trinajstić information content (AvgIpc) is 3.17. The Bertz CT molecular complexity index is 988. The van der Waals surface area contributed by atoms with Crippen molar-refractivity contribution in [3.05, 3.63) is 80.4 Å². The Morgan fingerprint density at radius 1 is 1.32 bits per heavy atom. The van der Waals surface area contributed by atoms with Crippen LogP contribution in [0.2, 0.25) is 5.02 Å². The quantitative estimate of drug-likeness (QED) is 0.329. The van der Waals surface area contributed by atoms with Crippen LogP contribution < -0.4 is 5.32 Å². The van der Waals surface area contributed by atoms with Crippen LogP contribution in [0.15, 0.2) is 48.6 Å². The Morgan fingerprint density at radius 2 is 2.14 bits per heavy atom. The molecule has 0 aromatic heterocycles. The Balaban J connectivity index is 1.73. The Hall–Kier alpha value is -2.86.